The highest BCUT2D eigenvalue weighted by Gasteiger charge is 2.67. The van der Waals surface area contributed by atoms with Crippen molar-refractivity contribution in [3.05, 3.63) is 12.2 Å². The van der Waals surface area contributed by atoms with Gasteiger partial charge in [-0.05, 0) is 25.7 Å². The maximum atomic E-state index is 11.2. The predicted octanol–water partition coefficient (Wildman–Crippen LogP) is 1.27. The summed E-state index contributed by atoms with van der Waals surface area (Å²) in [4.78, 5) is 22.3. The van der Waals surface area contributed by atoms with Gasteiger partial charge in [-0.1, -0.05) is 12.2 Å². The van der Waals surface area contributed by atoms with Crippen LogP contribution in [0.1, 0.15) is 25.7 Å². The molecule has 2 N–H and O–H groups in total. The van der Waals surface area contributed by atoms with E-state index in [0.717, 1.165) is 0 Å². The Morgan fingerprint density at radius 1 is 1.07 bits per heavy atom. The molecule has 0 aromatic carbocycles. The molecule has 0 heterocycles. The summed E-state index contributed by atoms with van der Waals surface area (Å²) in [6.45, 7) is 0. The van der Waals surface area contributed by atoms with E-state index in [-0.39, 0.29) is 0 Å². The van der Waals surface area contributed by atoms with E-state index >= 15 is 0 Å². The lowest BCUT2D eigenvalue weighted by Crippen LogP contribution is -2.60. The van der Waals surface area contributed by atoms with Gasteiger partial charge in [0, 0.05) is 0 Å². The third kappa shape index (κ3) is 0.786. The van der Waals surface area contributed by atoms with Crippen LogP contribution in [0, 0.1) is 10.8 Å². The van der Waals surface area contributed by atoms with Gasteiger partial charge >= 0.3 is 11.9 Å². The Hall–Kier alpha value is -1.32. The number of carboxylic acid groups (broad SMARTS) is 2. The van der Waals surface area contributed by atoms with Crippen molar-refractivity contribution in [1.82, 2.24) is 0 Å². The first-order valence-electron chi connectivity index (χ1n) is 4.70. The van der Waals surface area contributed by atoms with Crippen LogP contribution in [0.15, 0.2) is 12.2 Å². The monoisotopic (exact) mass is 196 g/mol. The van der Waals surface area contributed by atoms with E-state index in [2.05, 4.69) is 0 Å². The van der Waals surface area contributed by atoms with Gasteiger partial charge in [0.2, 0.25) is 0 Å². The van der Waals surface area contributed by atoms with E-state index in [1.807, 2.05) is 0 Å². The van der Waals surface area contributed by atoms with Crippen LogP contribution < -0.4 is 0 Å². The molecule has 2 aliphatic carbocycles. The molecule has 1 fully saturated rings. The van der Waals surface area contributed by atoms with E-state index < -0.39 is 22.8 Å². The molecule has 14 heavy (non-hydrogen) atoms. The van der Waals surface area contributed by atoms with Gasteiger partial charge in [-0.15, -0.1) is 0 Å². The van der Waals surface area contributed by atoms with Crippen molar-refractivity contribution >= 4 is 11.9 Å². The van der Waals surface area contributed by atoms with Crippen LogP contribution in [0.2, 0.25) is 0 Å². The Balaban J connectivity index is 2.47. The van der Waals surface area contributed by atoms with Crippen molar-refractivity contribution in [3.8, 4) is 0 Å². The molecule has 2 rings (SSSR count). The first-order valence-corrected chi connectivity index (χ1v) is 4.70. The summed E-state index contributed by atoms with van der Waals surface area (Å²) >= 11 is 0. The first-order chi connectivity index (χ1) is 6.55. The van der Waals surface area contributed by atoms with Crippen LogP contribution in [0.4, 0.5) is 0 Å². The lowest BCUT2D eigenvalue weighted by atomic mass is 9.46. The molecule has 0 spiro atoms. The number of hydrogen-bond donors (Lipinski definition) is 2. The maximum absolute atomic E-state index is 11.2. The van der Waals surface area contributed by atoms with Crippen molar-refractivity contribution < 1.29 is 19.8 Å². The smallest absolute Gasteiger partial charge is 0.314 e. The van der Waals surface area contributed by atoms with Crippen molar-refractivity contribution in [3.63, 3.8) is 0 Å². The number of aliphatic carboxylic acids is 2. The highest BCUT2D eigenvalue weighted by atomic mass is 16.4. The quantitative estimate of drug-likeness (QED) is 0.652. The molecule has 0 aromatic heterocycles. The van der Waals surface area contributed by atoms with Gasteiger partial charge in [0.1, 0.15) is 5.41 Å². The molecule has 1 saturated carbocycles. The summed E-state index contributed by atoms with van der Waals surface area (Å²) in [6, 6.07) is 0. The first kappa shape index (κ1) is 9.24. The summed E-state index contributed by atoms with van der Waals surface area (Å²) in [5.74, 6) is -1.96. The molecule has 4 nitrogen and oxygen atoms in total. The van der Waals surface area contributed by atoms with E-state index in [1.54, 1.807) is 12.2 Å². The Bertz CT molecular complexity index is 333. The summed E-state index contributed by atoms with van der Waals surface area (Å²) in [7, 11) is 0. The second-order valence-corrected chi connectivity index (χ2v) is 4.10. The highest BCUT2D eigenvalue weighted by Crippen LogP contribution is 2.62. The molecule has 0 bridgehead atoms. The molecule has 76 valence electrons. The topological polar surface area (TPSA) is 74.6 Å². The Morgan fingerprint density at radius 3 is 2.14 bits per heavy atom. The Labute approximate surface area is 81.2 Å². The molecular formula is C10H12O4. The van der Waals surface area contributed by atoms with Crippen molar-refractivity contribution in [2.24, 2.45) is 10.8 Å². The SMILES string of the molecule is O=C(O)C12C=CCCC1(C(=O)O)CC2. The van der Waals surface area contributed by atoms with Gasteiger partial charge < -0.3 is 10.2 Å². The summed E-state index contributed by atoms with van der Waals surface area (Å²) in [5, 5.41) is 18.3. The average Bonchev–Trinajstić information content (AvgIpc) is 2.06. The molecular weight excluding hydrogens is 184 g/mol. The van der Waals surface area contributed by atoms with Crippen LogP contribution in [0.3, 0.4) is 0 Å². The van der Waals surface area contributed by atoms with Gasteiger partial charge in [-0.3, -0.25) is 9.59 Å². The van der Waals surface area contributed by atoms with Gasteiger partial charge in [0.15, 0.2) is 0 Å². The van der Waals surface area contributed by atoms with E-state index in [4.69, 9.17) is 10.2 Å². The van der Waals surface area contributed by atoms with E-state index in [9.17, 15) is 9.59 Å². The fraction of sp³-hybridized carbons (Fsp3) is 0.600. The molecule has 0 radical (unpaired) electrons. The zero-order chi connectivity index (χ0) is 10.4. The highest BCUT2D eigenvalue weighted by molar-refractivity contribution is 5.91. The molecule has 2 aliphatic rings. The zero-order valence-corrected chi connectivity index (χ0v) is 7.69. The summed E-state index contributed by atoms with van der Waals surface area (Å²) in [6.07, 6.45) is 5.42. The number of rotatable bonds is 2. The fourth-order valence-corrected chi connectivity index (χ4v) is 2.69. The second-order valence-electron chi connectivity index (χ2n) is 4.10. The van der Waals surface area contributed by atoms with Crippen LogP contribution in [-0.4, -0.2) is 22.2 Å². The molecule has 2 atom stereocenters. The number of allylic oxidation sites excluding steroid dienone is 1. The van der Waals surface area contributed by atoms with Gasteiger partial charge in [0.05, 0.1) is 5.41 Å². The average molecular weight is 196 g/mol. The third-order valence-corrected chi connectivity index (χ3v) is 3.73. The van der Waals surface area contributed by atoms with Crippen molar-refractivity contribution in [2.75, 3.05) is 0 Å². The molecule has 0 aromatic rings. The predicted molar refractivity (Wildman–Crippen MR) is 47.7 cm³/mol. The minimum absolute atomic E-state index is 0.450. The van der Waals surface area contributed by atoms with Gasteiger partial charge in [-0.25, -0.2) is 0 Å². The van der Waals surface area contributed by atoms with Crippen LogP contribution in [-0.2, 0) is 9.59 Å². The Morgan fingerprint density at radius 2 is 1.79 bits per heavy atom. The summed E-state index contributed by atoms with van der Waals surface area (Å²) in [5.41, 5.74) is -2.16. The maximum Gasteiger partial charge on any atom is 0.314 e. The van der Waals surface area contributed by atoms with Crippen molar-refractivity contribution in [2.45, 2.75) is 25.7 Å². The normalized spacial score (nSPS) is 39.7. The third-order valence-electron chi connectivity index (χ3n) is 3.73. The largest absolute Gasteiger partial charge is 0.481 e. The molecule has 2 unspecified atom stereocenters. The number of carboxylic acids is 2. The molecule has 4 heteroatoms. The number of hydrogen-bond acceptors (Lipinski definition) is 2. The minimum atomic E-state index is -1.13. The number of fused-ring (bicyclic) bond motifs is 1. The number of carbonyl (C=O) groups is 2. The van der Waals surface area contributed by atoms with Gasteiger partial charge in [-0.2, -0.15) is 0 Å². The lowest BCUT2D eigenvalue weighted by molar-refractivity contribution is -0.187. The second kappa shape index (κ2) is 2.59. The van der Waals surface area contributed by atoms with E-state index in [0.29, 0.717) is 25.7 Å². The van der Waals surface area contributed by atoms with Crippen LogP contribution >= 0.6 is 0 Å². The van der Waals surface area contributed by atoms with Crippen LogP contribution in [0.25, 0.3) is 0 Å². The minimum Gasteiger partial charge on any atom is -0.481 e. The standard InChI is InChI=1S/C10H12O4/c11-7(12)9-3-1-2-4-10(9,6-5-9)8(13)14/h1,3H,2,4-6H2,(H,11,12)(H,13,14). The zero-order valence-electron chi connectivity index (χ0n) is 7.69. The van der Waals surface area contributed by atoms with Crippen LogP contribution in [0.5, 0.6) is 0 Å². The van der Waals surface area contributed by atoms with E-state index in [1.165, 1.54) is 0 Å². The molecule has 0 saturated heterocycles. The van der Waals surface area contributed by atoms with Crippen molar-refractivity contribution in [1.29, 1.82) is 0 Å². The van der Waals surface area contributed by atoms with Gasteiger partial charge in [0.25, 0.3) is 0 Å². The summed E-state index contributed by atoms with van der Waals surface area (Å²) < 4.78 is 0. The molecule has 0 aliphatic heterocycles. The molecule has 0 amide bonds. The fourth-order valence-electron chi connectivity index (χ4n) is 2.69. The Kier molecular flexibility index (Phi) is 1.71. The lowest BCUT2D eigenvalue weighted by Gasteiger charge is -2.54.